The first kappa shape index (κ1) is 18.5. The fraction of sp³-hybridized carbons (Fsp3) is 0.647. The second-order valence-electron chi connectivity index (χ2n) is 6.29. The lowest BCUT2D eigenvalue weighted by atomic mass is 10.1. The van der Waals surface area contributed by atoms with Crippen molar-refractivity contribution < 1.29 is 19.1 Å². The molecule has 1 saturated heterocycles. The number of hydrogen-bond donors (Lipinski definition) is 2. The fourth-order valence-electron chi connectivity index (χ4n) is 2.80. The fourth-order valence-corrected chi connectivity index (χ4v) is 2.80. The second-order valence-corrected chi connectivity index (χ2v) is 6.29. The Labute approximate surface area is 142 Å². The molecule has 1 aliphatic heterocycles. The third-order valence-electron chi connectivity index (χ3n) is 4.03. The van der Waals surface area contributed by atoms with Gasteiger partial charge in [0.1, 0.15) is 5.69 Å². The maximum absolute atomic E-state index is 12.4. The van der Waals surface area contributed by atoms with E-state index in [4.69, 9.17) is 9.47 Å². The van der Waals surface area contributed by atoms with Crippen molar-refractivity contribution >= 4 is 11.9 Å². The summed E-state index contributed by atoms with van der Waals surface area (Å²) in [4.78, 5) is 29.8. The standard InChI is InChI=1S/C17H27N3O4/c1-11(2)24-17(22)14-12(3)15(19-13(14)4)16(21)18-5-6-20-7-9-23-10-8-20/h11,19H,5-10H2,1-4H3,(H,18,21). The number of nitrogens with zero attached hydrogens (tertiary/aromatic N) is 1. The minimum Gasteiger partial charge on any atom is -0.459 e. The van der Waals surface area contributed by atoms with Crippen molar-refractivity contribution in [2.45, 2.75) is 33.8 Å². The van der Waals surface area contributed by atoms with Gasteiger partial charge in [-0.15, -0.1) is 0 Å². The molecule has 0 aromatic carbocycles. The quantitative estimate of drug-likeness (QED) is 0.764. The van der Waals surface area contributed by atoms with Gasteiger partial charge in [-0.1, -0.05) is 0 Å². The van der Waals surface area contributed by atoms with E-state index in [1.54, 1.807) is 27.7 Å². The lowest BCUT2D eigenvalue weighted by Crippen LogP contribution is -2.41. The highest BCUT2D eigenvalue weighted by molar-refractivity contribution is 6.00. The van der Waals surface area contributed by atoms with Crippen LogP contribution in [0.1, 0.15) is 46.0 Å². The molecular weight excluding hydrogens is 310 g/mol. The Morgan fingerprint density at radius 3 is 2.58 bits per heavy atom. The van der Waals surface area contributed by atoms with Gasteiger partial charge in [-0.3, -0.25) is 9.69 Å². The Morgan fingerprint density at radius 2 is 1.96 bits per heavy atom. The Balaban J connectivity index is 1.95. The molecule has 0 spiro atoms. The summed E-state index contributed by atoms with van der Waals surface area (Å²) in [5.74, 6) is -0.601. The SMILES string of the molecule is Cc1[nH]c(C(=O)NCCN2CCOCC2)c(C)c1C(=O)OC(C)C. The number of aromatic amines is 1. The molecule has 1 aromatic heterocycles. The number of rotatable bonds is 6. The summed E-state index contributed by atoms with van der Waals surface area (Å²) in [7, 11) is 0. The van der Waals surface area contributed by atoms with Crippen LogP contribution >= 0.6 is 0 Å². The molecule has 7 nitrogen and oxygen atoms in total. The van der Waals surface area contributed by atoms with Gasteiger partial charge in [-0.2, -0.15) is 0 Å². The van der Waals surface area contributed by atoms with Crippen LogP contribution in [0, 0.1) is 13.8 Å². The van der Waals surface area contributed by atoms with Gasteiger partial charge >= 0.3 is 5.97 Å². The van der Waals surface area contributed by atoms with E-state index in [0.29, 0.717) is 29.1 Å². The number of H-pyrrole nitrogens is 1. The maximum Gasteiger partial charge on any atom is 0.340 e. The highest BCUT2D eigenvalue weighted by atomic mass is 16.5. The number of hydrogen-bond acceptors (Lipinski definition) is 5. The minimum absolute atomic E-state index is 0.197. The Morgan fingerprint density at radius 1 is 1.29 bits per heavy atom. The first-order valence-electron chi connectivity index (χ1n) is 8.38. The average molecular weight is 337 g/mol. The predicted octanol–water partition coefficient (Wildman–Crippen LogP) is 1.26. The first-order valence-corrected chi connectivity index (χ1v) is 8.38. The van der Waals surface area contributed by atoms with E-state index in [9.17, 15) is 9.59 Å². The van der Waals surface area contributed by atoms with Crippen molar-refractivity contribution in [3.05, 3.63) is 22.5 Å². The topological polar surface area (TPSA) is 83.7 Å². The molecule has 0 radical (unpaired) electrons. The van der Waals surface area contributed by atoms with Crippen LogP contribution in [0.3, 0.4) is 0 Å². The number of ether oxygens (including phenoxy) is 2. The van der Waals surface area contributed by atoms with Crippen LogP contribution in [0.5, 0.6) is 0 Å². The van der Waals surface area contributed by atoms with Crippen molar-refractivity contribution in [2.24, 2.45) is 0 Å². The molecule has 134 valence electrons. The van der Waals surface area contributed by atoms with Gasteiger partial charge < -0.3 is 19.8 Å². The molecule has 0 atom stereocenters. The third kappa shape index (κ3) is 4.58. The monoisotopic (exact) mass is 337 g/mol. The molecule has 0 aliphatic carbocycles. The molecule has 2 N–H and O–H groups in total. The van der Waals surface area contributed by atoms with Gasteiger partial charge in [-0.05, 0) is 33.3 Å². The molecular formula is C17H27N3O4. The number of amides is 1. The molecule has 0 saturated carbocycles. The molecule has 1 amide bonds. The normalized spacial score (nSPS) is 15.5. The lowest BCUT2D eigenvalue weighted by Gasteiger charge is -2.26. The van der Waals surface area contributed by atoms with Crippen molar-refractivity contribution in [3.63, 3.8) is 0 Å². The van der Waals surface area contributed by atoms with Crippen LogP contribution in [-0.2, 0) is 9.47 Å². The molecule has 2 heterocycles. The van der Waals surface area contributed by atoms with E-state index in [1.807, 2.05) is 0 Å². The molecule has 0 unspecified atom stereocenters. The zero-order valence-corrected chi connectivity index (χ0v) is 14.9. The Hall–Kier alpha value is -1.86. The Bertz CT molecular complexity index is 589. The average Bonchev–Trinajstić information content (AvgIpc) is 2.82. The van der Waals surface area contributed by atoms with Crippen LogP contribution in [0.2, 0.25) is 0 Å². The van der Waals surface area contributed by atoms with Gasteiger partial charge in [0.05, 0.1) is 24.9 Å². The largest absolute Gasteiger partial charge is 0.459 e. The summed E-state index contributed by atoms with van der Waals surface area (Å²) in [5, 5.41) is 2.90. The number of morpholine rings is 1. The number of esters is 1. The van der Waals surface area contributed by atoms with E-state index in [0.717, 1.165) is 32.8 Å². The lowest BCUT2D eigenvalue weighted by molar-refractivity contribution is 0.0375. The van der Waals surface area contributed by atoms with E-state index >= 15 is 0 Å². The predicted molar refractivity (Wildman–Crippen MR) is 90.4 cm³/mol. The molecule has 1 aliphatic rings. The zero-order chi connectivity index (χ0) is 17.7. The van der Waals surface area contributed by atoms with Crippen LogP contribution < -0.4 is 5.32 Å². The van der Waals surface area contributed by atoms with Crippen LogP contribution in [0.15, 0.2) is 0 Å². The summed E-state index contributed by atoms with van der Waals surface area (Å²) in [6.45, 7) is 11.7. The van der Waals surface area contributed by atoms with Crippen molar-refractivity contribution in [1.29, 1.82) is 0 Å². The van der Waals surface area contributed by atoms with E-state index in [2.05, 4.69) is 15.2 Å². The van der Waals surface area contributed by atoms with Crippen molar-refractivity contribution in [1.82, 2.24) is 15.2 Å². The summed E-state index contributed by atoms with van der Waals surface area (Å²) < 4.78 is 10.5. The number of carbonyl (C=O) groups excluding carboxylic acids is 2. The van der Waals surface area contributed by atoms with Crippen LogP contribution in [0.25, 0.3) is 0 Å². The molecule has 0 bridgehead atoms. The number of aromatic nitrogens is 1. The zero-order valence-electron chi connectivity index (χ0n) is 14.9. The molecule has 7 heteroatoms. The van der Waals surface area contributed by atoms with Crippen LogP contribution in [0.4, 0.5) is 0 Å². The van der Waals surface area contributed by atoms with E-state index < -0.39 is 5.97 Å². The summed E-state index contributed by atoms with van der Waals surface area (Å²) >= 11 is 0. The van der Waals surface area contributed by atoms with E-state index in [1.165, 1.54) is 0 Å². The summed E-state index contributed by atoms with van der Waals surface area (Å²) in [6.07, 6.45) is -0.197. The van der Waals surface area contributed by atoms with Crippen molar-refractivity contribution in [3.8, 4) is 0 Å². The van der Waals surface area contributed by atoms with Gasteiger partial charge in [0.25, 0.3) is 5.91 Å². The van der Waals surface area contributed by atoms with Gasteiger partial charge in [-0.25, -0.2) is 4.79 Å². The molecule has 1 fully saturated rings. The first-order chi connectivity index (χ1) is 11.4. The number of aryl methyl sites for hydroxylation is 1. The van der Waals surface area contributed by atoms with E-state index in [-0.39, 0.29) is 12.0 Å². The Kier molecular flexibility index (Phi) is 6.39. The smallest absolute Gasteiger partial charge is 0.340 e. The highest BCUT2D eigenvalue weighted by Gasteiger charge is 2.23. The maximum atomic E-state index is 12.4. The molecule has 2 rings (SSSR count). The number of nitrogens with one attached hydrogen (secondary N) is 2. The third-order valence-corrected chi connectivity index (χ3v) is 4.03. The van der Waals surface area contributed by atoms with Gasteiger partial charge in [0.2, 0.25) is 0 Å². The highest BCUT2D eigenvalue weighted by Crippen LogP contribution is 2.19. The summed E-state index contributed by atoms with van der Waals surface area (Å²) in [6, 6.07) is 0. The molecule has 1 aromatic rings. The van der Waals surface area contributed by atoms with Gasteiger partial charge in [0, 0.05) is 31.9 Å². The second kappa shape index (κ2) is 8.30. The van der Waals surface area contributed by atoms with Gasteiger partial charge in [0.15, 0.2) is 0 Å². The van der Waals surface area contributed by atoms with Crippen molar-refractivity contribution in [2.75, 3.05) is 39.4 Å². The summed E-state index contributed by atoms with van der Waals surface area (Å²) in [5.41, 5.74) is 2.14. The number of carbonyl (C=O) groups is 2. The molecule has 24 heavy (non-hydrogen) atoms. The van der Waals surface area contributed by atoms with Crippen LogP contribution in [-0.4, -0.2) is 67.3 Å². The minimum atomic E-state index is -0.399.